The van der Waals surface area contributed by atoms with Crippen LogP contribution < -0.4 is 11.1 Å². The van der Waals surface area contributed by atoms with Gasteiger partial charge in [-0.15, -0.1) is 0 Å². The average Bonchev–Trinajstić information content (AvgIpc) is 2.37. The Morgan fingerprint density at radius 2 is 1.86 bits per heavy atom. The van der Waals surface area contributed by atoms with Crippen molar-refractivity contribution in [2.75, 3.05) is 12.3 Å². The number of carboxylic acids is 1. The van der Waals surface area contributed by atoms with Crippen LogP contribution in [0, 0.1) is 11.8 Å². The predicted molar refractivity (Wildman–Crippen MR) is 82.8 cm³/mol. The first-order chi connectivity index (χ1) is 9.86. The van der Waals surface area contributed by atoms with Crippen LogP contribution in [0.5, 0.6) is 0 Å². The lowest BCUT2D eigenvalue weighted by molar-refractivity contribution is -0.138. The van der Waals surface area contributed by atoms with Gasteiger partial charge in [0.2, 0.25) is 5.91 Å². The Bertz CT molecular complexity index is 469. The molecule has 21 heavy (non-hydrogen) atoms. The van der Waals surface area contributed by atoms with Crippen LogP contribution in [0.15, 0.2) is 24.3 Å². The highest BCUT2D eigenvalue weighted by Gasteiger charge is 2.16. The summed E-state index contributed by atoms with van der Waals surface area (Å²) in [4.78, 5) is 22.7. The maximum absolute atomic E-state index is 11.9. The number of anilines is 1. The van der Waals surface area contributed by atoms with Gasteiger partial charge < -0.3 is 16.2 Å². The van der Waals surface area contributed by atoms with Gasteiger partial charge >= 0.3 is 5.97 Å². The summed E-state index contributed by atoms with van der Waals surface area (Å²) in [6.45, 7) is 4.49. The molecule has 0 aliphatic carbocycles. The average molecular weight is 292 g/mol. The molecule has 5 heteroatoms. The number of carboxylic acid groups (broad SMARTS) is 1. The van der Waals surface area contributed by atoms with E-state index in [0.717, 1.165) is 12.0 Å². The molecule has 5 nitrogen and oxygen atoms in total. The maximum atomic E-state index is 11.9. The molecule has 4 N–H and O–H groups in total. The number of nitrogens with two attached hydrogens (primary N) is 1. The minimum Gasteiger partial charge on any atom is -0.481 e. The second kappa shape index (κ2) is 8.29. The van der Waals surface area contributed by atoms with E-state index >= 15 is 0 Å². The Morgan fingerprint density at radius 1 is 1.24 bits per heavy atom. The van der Waals surface area contributed by atoms with Gasteiger partial charge in [0.25, 0.3) is 0 Å². The van der Waals surface area contributed by atoms with Crippen LogP contribution in [-0.2, 0) is 16.0 Å². The lowest BCUT2D eigenvalue weighted by Gasteiger charge is -2.17. The van der Waals surface area contributed by atoms with Crippen molar-refractivity contribution in [3.8, 4) is 0 Å². The molecule has 1 atom stereocenters. The maximum Gasteiger partial charge on any atom is 0.303 e. The Kier molecular flexibility index (Phi) is 6.72. The number of aliphatic carboxylic acids is 1. The third-order valence-electron chi connectivity index (χ3n) is 3.20. The standard InChI is InChI=1S/C16H24N2O3/c1-11(2)7-13(9-16(20)21)10-18-15(19)8-12-3-5-14(17)6-4-12/h3-6,11,13H,7-10,17H2,1-2H3,(H,18,19)(H,20,21). The molecule has 1 aromatic carbocycles. The quantitative estimate of drug-likeness (QED) is 0.639. The zero-order valence-electron chi connectivity index (χ0n) is 12.6. The van der Waals surface area contributed by atoms with Crippen LogP contribution in [0.4, 0.5) is 5.69 Å². The van der Waals surface area contributed by atoms with Gasteiger partial charge in [-0.1, -0.05) is 26.0 Å². The van der Waals surface area contributed by atoms with Crippen molar-refractivity contribution in [3.63, 3.8) is 0 Å². The van der Waals surface area contributed by atoms with E-state index in [-0.39, 0.29) is 24.7 Å². The number of benzene rings is 1. The first kappa shape index (κ1) is 17.0. The SMILES string of the molecule is CC(C)CC(CNC(=O)Cc1ccc(N)cc1)CC(=O)O. The summed E-state index contributed by atoms with van der Waals surface area (Å²) in [5, 5.41) is 11.7. The van der Waals surface area contributed by atoms with Crippen LogP contribution in [0.3, 0.4) is 0 Å². The van der Waals surface area contributed by atoms with Crippen LogP contribution >= 0.6 is 0 Å². The van der Waals surface area contributed by atoms with Gasteiger partial charge in [-0.2, -0.15) is 0 Å². The molecule has 0 spiro atoms. The highest BCUT2D eigenvalue weighted by Crippen LogP contribution is 2.15. The van der Waals surface area contributed by atoms with E-state index in [2.05, 4.69) is 5.32 Å². The molecule has 116 valence electrons. The van der Waals surface area contributed by atoms with Crippen LogP contribution in [0.1, 0.15) is 32.3 Å². The Morgan fingerprint density at radius 3 is 2.38 bits per heavy atom. The van der Waals surface area contributed by atoms with Gasteiger partial charge in [-0.3, -0.25) is 9.59 Å². The van der Waals surface area contributed by atoms with Gasteiger partial charge in [0.05, 0.1) is 6.42 Å². The van der Waals surface area contributed by atoms with E-state index in [1.807, 2.05) is 26.0 Å². The Balaban J connectivity index is 2.44. The molecule has 0 aliphatic rings. The first-order valence-electron chi connectivity index (χ1n) is 7.19. The minimum atomic E-state index is -0.826. The number of carbonyl (C=O) groups excluding carboxylic acids is 1. The Labute approximate surface area is 125 Å². The molecular formula is C16H24N2O3. The summed E-state index contributed by atoms with van der Waals surface area (Å²) in [7, 11) is 0. The summed E-state index contributed by atoms with van der Waals surface area (Å²) >= 11 is 0. The van der Waals surface area contributed by atoms with E-state index in [4.69, 9.17) is 10.8 Å². The summed E-state index contributed by atoms with van der Waals surface area (Å²) in [6, 6.07) is 7.15. The van der Waals surface area contributed by atoms with E-state index in [9.17, 15) is 9.59 Å². The van der Waals surface area contributed by atoms with Crippen molar-refractivity contribution in [1.29, 1.82) is 0 Å². The van der Waals surface area contributed by atoms with Crippen LogP contribution in [0.2, 0.25) is 0 Å². The number of nitrogens with one attached hydrogen (secondary N) is 1. The molecule has 1 unspecified atom stereocenters. The van der Waals surface area contributed by atoms with E-state index < -0.39 is 5.97 Å². The van der Waals surface area contributed by atoms with Crippen molar-refractivity contribution in [2.45, 2.75) is 33.1 Å². The number of carbonyl (C=O) groups is 2. The van der Waals surface area contributed by atoms with E-state index in [0.29, 0.717) is 18.2 Å². The van der Waals surface area contributed by atoms with E-state index in [1.165, 1.54) is 0 Å². The lowest BCUT2D eigenvalue weighted by Crippen LogP contribution is -2.32. The van der Waals surface area contributed by atoms with Gasteiger partial charge in [0.1, 0.15) is 0 Å². The second-order valence-electron chi connectivity index (χ2n) is 5.82. The van der Waals surface area contributed by atoms with Gasteiger partial charge in [0, 0.05) is 18.7 Å². The molecule has 0 radical (unpaired) electrons. The molecule has 0 fully saturated rings. The molecular weight excluding hydrogens is 268 g/mol. The summed E-state index contributed by atoms with van der Waals surface area (Å²) in [5.41, 5.74) is 7.15. The largest absolute Gasteiger partial charge is 0.481 e. The molecule has 1 aromatic rings. The number of amides is 1. The number of nitrogen functional groups attached to an aromatic ring is 1. The smallest absolute Gasteiger partial charge is 0.303 e. The summed E-state index contributed by atoms with van der Waals surface area (Å²) in [5.74, 6) is -0.548. The third kappa shape index (κ3) is 7.34. The van der Waals surface area contributed by atoms with Crippen molar-refractivity contribution in [2.24, 2.45) is 11.8 Å². The molecule has 0 heterocycles. The number of hydrogen-bond donors (Lipinski definition) is 3. The van der Waals surface area contributed by atoms with Gasteiger partial charge in [0.15, 0.2) is 0 Å². The monoisotopic (exact) mass is 292 g/mol. The molecule has 0 bridgehead atoms. The van der Waals surface area contributed by atoms with Crippen molar-refractivity contribution in [3.05, 3.63) is 29.8 Å². The summed E-state index contributed by atoms with van der Waals surface area (Å²) < 4.78 is 0. The number of rotatable bonds is 8. The fourth-order valence-electron chi connectivity index (χ4n) is 2.29. The zero-order valence-corrected chi connectivity index (χ0v) is 12.6. The second-order valence-corrected chi connectivity index (χ2v) is 5.82. The summed E-state index contributed by atoms with van der Waals surface area (Å²) in [6.07, 6.45) is 1.15. The molecule has 0 saturated heterocycles. The highest BCUT2D eigenvalue weighted by atomic mass is 16.4. The molecule has 1 amide bonds. The van der Waals surface area contributed by atoms with Gasteiger partial charge in [-0.25, -0.2) is 0 Å². The van der Waals surface area contributed by atoms with Gasteiger partial charge in [-0.05, 0) is 36.0 Å². The third-order valence-corrected chi connectivity index (χ3v) is 3.20. The van der Waals surface area contributed by atoms with Crippen LogP contribution in [0.25, 0.3) is 0 Å². The normalized spacial score (nSPS) is 12.1. The Hall–Kier alpha value is -2.04. The molecule has 1 rings (SSSR count). The zero-order chi connectivity index (χ0) is 15.8. The predicted octanol–water partition coefficient (Wildman–Crippen LogP) is 2.06. The topological polar surface area (TPSA) is 92.4 Å². The van der Waals surface area contributed by atoms with Crippen molar-refractivity contribution >= 4 is 17.6 Å². The van der Waals surface area contributed by atoms with Crippen LogP contribution in [-0.4, -0.2) is 23.5 Å². The molecule has 0 aliphatic heterocycles. The van der Waals surface area contributed by atoms with E-state index in [1.54, 1.807) is 12.1 Å². The van der Waals surface area contributed by atoms with Crippen molar-refractivity contribution < 1.29 is 14.7 Å². The molecule has 0 aromatic heterocycles. The molecule has 0 saturated carbocycles. The minimum absolute atomic E-state index is 0.0298. The fraction of sp³-hybridized carbons (Fsp3) is 0.500. The first-order valence-corrected chi connectivity index (χ1v) is 7.19. The number of hydrogen-bond acceptors (Lipinski definition) is 3. The highest BCUT2D eigenvalue weighted by molar-refractivity contribution is 5.78. The van der Waals surface area contributed by atoms with Crippen molar-refractivity contribution in [1.82, 2.24) is 5.32 Å². The fourth-order valence-corrected chi connectivity index (χ4v) is 2.29. The lowest BCUT2D eigenvalue weighted by atomic mass is 9.94.